The molecular formula is C12H14BrN3S2. The van der Waals surface area contributed by atoms with E-state index in [1.807, 2.05) is 13.8 Å². The highest BCUT2D eigenvalue weighted by molar-refractivity contribution is 9.10. The molecule has 0 saturated carbocycles. The molecule has 18 heavy (non-hydrogen) atoms. The maximum absolute atomic E-state index is 5.80. The van der Waals surface area contributed by atoms with Gasteiger partial charge in [-0.05, 0) is 53.9 Å². The van der Waals surface area contributed by atoms with Gasteiger partial charge in [0.1, 0.15) is 5.01 Å². The summed E-state index contributed by atoms with van der Waals surface area (Å²) < 4.78 is 2.05. The third-order valence-corrected chi connectivity index (χ3v) is 5.14. The first-order valence-corrected chi connectivity index (χ1v) is 7.99. The molecule has 1 atom stereocenters. The summed E-state index contributed by atoms with van der Waals surface area (Å²) in [7, 11) is 0. The predicted molar refractivity (Wildman–Crippen MR) is 80.3 cm³/mol. The Hall–Kier alpha value is -0.430. The maximum Gasteiger partial charge on any atom is 0.179 e. The molecule has 0 saturated heterocycles. The van der Waals surface area contributed by atoms with Crippen molar-refractivity contribution in [3.63, 3.8) is 0 Å². The average Bonchev–Trinajstić information content (AvgIpc) is 2.67. The number of nitrogens with two attached hydrogens (primary N) is 1. The summed E-state index contributed by atoms with van der Waals surface area (Å²) in [5.74, 6) is 0. The highest BCUT2D eigenvalue weighted by Gasteiger charge is 2.08. The van der Waals surface area contributed by atoms with Gasteiger partial charge in [0, 0.05) is 15.4 Å². The Morgan fingerprint density at radius 2 is 2.22 bits per heavy atom. The Morgan fingerprint density at radius 3 is 2.78 bits per heavy atom. The topological polar surface area (TPSA) is 51.8 Å². The van der Waals surface area contributed by atoms with Gasteiger partial charge in [0.25, 0.3) is 0 Å². The van der Waals surface area contributed by atoms with Gasteiger partial charge in [0.15, 0.2) is 4.34 Å². The van der Waals surface area contributed by atoms with E-state index in [0.29, 0.717) is 0 Å². The van der Waals surface area contributed by atoms with E-state index in [-0.39, 0.29) is 6.04 Å². The van der Waals surface area contributed by atoms with Crippen LogP contribution in [0.4, 0.5) is 0 Å². The zero-order chi connectivity index (χ0) is 13.1. The number of hydrogen-bond donors (Lipinski definition) is 1. The lowest BCUT2D eigenvalue weighted by Gasteiger charge is -2.08. The van der Waals surface area contributed by atoms with E-state index in [4.69, 9.17) is 5.73 Å². The van der Waals surface area contributed by atoms with Gasteiger partial charge < -0.3 is 5.73 Å². The van der Waals surface area contributed by atoms with Crippen LogP contribution in [0.15, 0.2) is 31.9 Å². The Labute approximate surface area is 123 Å². The van der Waals surface area contributed by atoms with Gasteiger partial charge in [-0.1, -0.05) is 29.2 Å². The van der Waals surface area contributed by atoms with Gasteiger partial charge in [0.2, 0.25) is 0 Å². The van der Waals surface area contributed by atoms with Gasteiger partial charge in [-0.3, -0.25) is 0 Å². The molecule has 0 amide bonds. The zero-order valence-corrected chi connectivity index (χ0v) is 13.4. The molecule has 1 aromatic carbocycles. The lowest BCUT2D eigenvalue weighted by atomic mass is 10.1. The molecule has 3 nitrogen and oxygen atoms in total. The molecule has 0 spiro atoms. The first-order valence-electron chi connectivity index (χ1n) is 5.56. The second kappa shape index (κ2) is 6.14. The van der Waals surface area contributed by atoms with E-state index in [1.54, 1.807) is 23.1 Å². The van der Waals surface area contributed by atoms with Crippen molar-refractivity contribution in [2.45, 2.75) is 35.5 Å². The van der Waals surface area contributed by atoms with Crippen LogP contribution in [0.3, 0.4) is 0 Å². The van der Waals surface area contributed by atoms with Crippen LogP contribution < -0.4 is 5.73 Å². The van der Waals surface area contributed by atoms with Gasteiger partial charge >= 0.3 is 0 Å². The Kier molecular flexibility index (Phi) is 4.77. The fraction of sp³-hybridized carbons (Fsp3) is 0.333. The molecule has 6 heteroatoms. The second-order valence-corrected chi connectivity index (χ2v) is 7.46. The molecule has 1 aromatic heterocycles. The number of halogens is 1. The highest BCUT2D eigenvalue weighted by Crippen LogP contribution is 2.35. The summed E-state index contributed by atoms with van der Waals surface area (Å²) in [4.78, 5) is 1.15. The van der Waals surface area contributed by atoms with Crippen LogP contribution in [0, 0.1) is 6.92 Å². The van der Waals surface area contributed by atoms with Gasteiger partial charge in [-0.15, -0.1) is 10.2 Å². The summed E-state index contributed by atoms with van der Waals surface area (Å²) >= 11 is 6.83. The van der Waals surface area contributed by atoms with Gasteiger partial charge in [0.05, 0.1) is 0 Å². The van der Waals surface area contributed by atoms with Crippen LogP contribution >= 0.6 is 39.0 Å². The lowest BCUT2D eigenvalue weighted by Crippen LogP contribution is -2.17. The van der Waals surface area contributed by atoms with E-state index >= 15 is 0 Å². The monoisotopic (exact) mass is 343 g/mol. The van der Waals surface area contributed by atoms with Crippen molar-refractivity contribution in [2.75, 3.05) is 0 Å². The zero-order valence-electron chi connectivity index (χ0n) is 10.2. The predicted octanol–water partition coefficient (Wildman–Crippen LogP) is 3.65. The molecule has 0 bridgehead atoms. The van der Waals surface area contributed by atoms with E-state index in [9.17, 15) is 0 Å². The maximum atomic E-state index is 5.80. The summed E-state index contributed by atoms with van der Waals surface area (Å²) in [5, 5.41) is 9.12. The van der Waals surface area contributed by atoms with E-state index < -0.39 is 0 Å². The average molecular weight is 344 g/mol. The number of aryl methyl sites for hydroxylation is 1. The Bertz CT molecular complexity index is 540. The van der Waals surface area contributed by atoms with Crippen molar-refractivity contribution in [3.8, 4) is 0 Å². The third kappa shape index (κ3) is 3.78. The summed E-state index contributed by atoms with van der Waals surface area (Å²) in [6.07, 6.45) is 0.890. The second-order valence-electron chi connectivity index (χ2n) is 4.14. The minimum atomic E-state index is 0.182. The van der Waals surface area contributed by atoms with Crippen LogP contribution in [0.5, 0.6) is 0 Å². The summed E-state index contributed by atoms with van der Waals surface area (Å²) in [6, 6.07) is 6.52. The van der Waals surface area contributed by atoms with Crippen LogP contribution in [0.2, 0.25) is 0 Å². The fourth-order valence-corrected chi connectivity index (χ4v) is 3.98. The van der Waals surface area contributed by atoms with Crippen LogP contribution in [-0.4, -0.2) is 16.2 Å². The first-order chi connectivity index (χ1) is 8.54. The number of rotatable bonds is 4. The quantitative estimate of drug-likeness (QED) is 0.920. The molecule has 0 fully saturated rings. The van der Waals surface area contributed by atoms with E-state index in [2.05, 4.69) is 44.3 Å². The Morgan fingerprint density at radius 1 is 1.44 bits per heavy atom. The molecule has 2 rings (SSSR count). The highest BCUT2D eigenvalue weighted by atomic mass is 79.9. The van der Waals surface area contributed by atoms with Crippen LogP contribution in [-0.2, 0) is 6.42 Å². The normalized spacial score (nSPS) is 12.7. The minimum Gasteiger partial charge on any atom is -0.328 e. The van der Waals surface area contributed by atoms with Crippen molar-refractivity contribution in [3.05, 3.63) is 33.2 Å². The smallest absolute Gasteiger partial charge is 0.179 e. The SMILES string of the molecule is Cc1nnc(Sc2ccc(CC(C)N)cc2Br)s1. The van der Waals surface area contributed by atoms with Crippen LogP contribution in [0.1, 0.15) is 17.5 Å². The molecule has 0 radical (unpaired) electrons. The molecule has 1 unspecified atom stereocenters. The molecule has 0 aliphatic heterocycles. The van der Waals surface area contributed by atoms with Crippen molar-refractivity contribution >= 4 is 39.0 Å². The van der Waals surface area contributed by atoms with Crippen molar-refractivity contribution in [1.82, 2.24) is 10.2 Å². The molecule has 2 N–H and O–H groups in total. The number of benzene rings is 1. The van der Waals surface area contributed by atoms with Gasteiger partial charge in [-0.25, -0.2) is 0 Å². The van der Waals surface area contributed by atoms with Crippen molar-refractivity contribution in [1.29, 1.82) is 0 Å². The fourth-order valence-electron chi connectivity index (χ4n) is 1.54. The third-order valence-electron chi connectivity index (χ3n) is 2.26. The molecular weight excluding hydrogens is 330 g/mol. The lowest BCUT2D eigenvalue weighted by molar-refractivity contribution is 0.737. The largest absolute Gasteiger partial charge is 0.328 e. The molecule has 96 valence electrons. The van der Waals surface area contributed by atoms with Crippen molar-refractivity contribution in [2.24, 2.45) is 5.73 Å². The standard InChI is InChI=1S/C12H14BrN3S2/c1-7(14)5-9-3-4-11(10(13)6-9)18-12-16-15-8(2)17-12/h3-4,6-7H,5,14H2,1-2H3. The molecule has 0 aliphatic carbocycles. The van der Waals surface area contributed by atoms with E-state index in [0.717, 1.165) is 25.1 Å². The summed E-state index contributed by atoms with van der Waals surface area (Å²) in [5.41, 5.74) is 7.05. The van der Waals surface area contributed by atoms with Crippen LogP contribution in [0.25, 0.3) is 0 Å². The molecule has 0 aliphatic rings. The summed E-state index contributed by atoms with van der Waals surface area (Å²) in [6.45, 7) is 3.98. The number of nitrogens with zero attached hydrogens (tertiary/aromatic N) is 2. The number of hydrogen-bond acceptors (Lipinski definition) is 5. The first kappa shape index (κ1) is 14.0. The molecule has 1 heterocycles. The minimum absolute atomic E-state index is 0.182. The number of aromatic nitrogens is 2. The van der Waals surface area contributed by atoms with Crippen molar-refractivity contribution < 1.29 is 0 Å². The van der Waals surface area contributed by atoms with Gasteiger partial charge in [-0.2, -0.15) is 0 Å². The molecule has 2 aromatic rings. The Balaban J connectivity index is 2.14. The van der Waals surface area contributed by atoms with E-state index in [1.165, 1.54) is 5.56 Å².